The Morgan fingerprint density at radius 1 is 1.83 bits per heavy atom. The number of carbonyl (C=O) groups excluding carboxylic acids is 1. The van der Waals surface area contributed by atoms with Crippen molar-refractivity contribution in [2.45, 2.75) is 19.4 Å². The Hall–Kier alpha value is -1.25. The lowest BCUT2D eigenvalue weighted by molar-refractivity contribution is -0.136. The summed E-state index contributed by atoms with van der Waals surface area (Å²) in [6.45, 7) is 5.35. The number of hydrogen-bond acceptors (Lipinski definition) is 3. The van der Waals surface area contributed by atoms with Gasteiger partial charge < -0.3 is 9.47 Å². The first-order valence-electron chi connectivity index (χ1n) is 3.76. The van der Waals surface area contributed by atoms with Crippen LogP contribution in [0.25, 0.3) is 0 Å². The van der Waals surface area contributed by atoms with Crippen LogP contribution >= 0.6 is 0 Å². The number of allylic oxidation sites excluding steroid dienone is 1. The molecule has 0 radical (unpaired) electrons. The van der Waals surface area contributed by atoms with E-state index in [9.17, 15) is 4.79 Å². The molecule has 0 aromatic carbocycles. The minimum Gasteiger partial charge on any atom is -0.490 e. The number of rotatable bonds is 2. The number of ether oxygens (including phenoxy) is 2. The molecule has 12 heavy (non-hydrogen) atoms. The number of esters is 1. The first-order chi connectivity index (χ1) is 5.69. The minimum absolute atomic E-state index is 0.0703. The van der Waals surface area contributed by atoms with Crippen molar-refractivity contribution >= 4 is 5.97 Å². The van der Waals surface area contributed by atoms with E-state index in [2.05, 4.69) is 11.3 Å². The summed E-state index contributed by atoms with van der Waals surface area (Å²) in [5, 5.41) is 0. The van der Waals surface area contributed by atoms with Crippen molar-refractivity contribution in [2.24, 2.45) is 0 Å². The number of methoxy groups -OCH3 is 1. The smallest absolute Gasteiger partial charge is 0.337 e. The largest absolute Gasteiger partial charge is 0.490 e. The van der Waals surface area contributed by atoms with Gasteiger partial charge in [-0.2, -0.15) is 0 Å². The van der Waals surface area contributed by atoms with Crippen molar-refractivity contribution in [1.29, 1.82) is 0 Å². The molecule has 1 atom stereocenters. The first kappa shape index (κ1) is 8.84. The van der Waals surface area contributed by atoms with Crippen molar-refractivity contribution in [3.63, 3.8) is 0 Å². The highest BCUT2D eigenvalue weighted by Crippen LogP contribution is 2.25. The van der Waals surface area contributed by atoms with Crippen LogP contribution in [-0.4, -0.2) is 19.2 Å². The van der Waals surface area contributed by atoms with Crippen LogP contribution in [0.5, 0.6) is 0 Å². The van der Waals surface area contributed by atoms with E-state index in [0.717, 1.165) is 0 Å². The third-order valence-electron chi connectivity index (χ3n) is 1.85. The second-order valence-corrected chi connectivity index (χ2v) is 2.62. The first-order valence-corrected chi connectivity index (χ1v) is 3.76. The van der Waals surface area contributed by atoms with Gasteiger partial charge in [0.15, 0.2) is 0 Å². The molecule has 0 amide bonds. The average Bonchev–Trinajstić information content (AvgIpc) is 2.45. The number of hydrogen-bond donors (Lipinski definition) is 0. The summed E-state index contributed by atoms with van der Waals surface area (Å²) >= 11 is 0. The third-order valence-corrected chi connectivity index (χ3v) is 1.85. The van der Waals surface area contributed by atoms with Crippen LogP contribution in [0.15, 0.2) is 24.0 Å². The Kier molecular flexibility index (Phi) is 2.53. The second-order valence-electron chi connectivity index (χ2n) is 2.62. The van der Waals surface area contributed by atoms with E-state index in [-0.39, 0.29) is 12.1 Å². The van der Waals surface area contributed by atoms with Crippen molar-refractivity contribution in [2.75, 3.05) is 7.11 Å². The van der Waals surface area contributed by atoms with Crippen LogP contribution in [0.1, 0.15) is 13.3 Å². The van der Waals surface area contributed by atoms with Gasteiger partial charge in [0.2, 0.25) is 0 Å². The molecule has 0 fully saturated rings. The van der Waals surface area contributed by atoms with Crippen molar-refractivity contribution in [3.8, 4) is 0 Å². The molecule has 1 heterocycles. The van der Waals surface area contributed by atoms with Crippen molar-refractivity contribution < 1.29 is 14.3 Å². The Bertz CT molecular complexity index is 240. The van der Waals surface area contributed by atoms with E-state index >= 15 is 0 Å². The maximum Gasteiger partial charge on any atom is 0.337 e. The highest BCUT2D eigenvalue weighted by molar-refractivity contribution is 5.89. The maximum absolute atomic E-state index is 11.1. The Balaban J connectivity index is 2.72. The van der Waals surface area contributed by atoms with E-state index in [1.165, 1.54) is 7.11 Å². The SMILES string of the molecule is C=CC1CC(C(=O)OC)=C(C)O1. The monoisotopic (exact) mass is 168 g/mol. The van der Waals surface area contributed by atoms with Crippen molar-refractivity contribution in [1.82, 2.24) is 0 Å². The molecule has 0 spiro atoms. The summed E-state index contributed by atoms with van der Waals surface area (Å²) < 4.78 is 9.89. The number of carbonyl (C=O) groups is 1. The van der Waals surface area contributed by atoms with Gasteiger partial charge in [0, 0.05) is 6.42 Å². The zero-order valence-electron chi connectivity index (χ0n) is 7.29. The summed E-state index contributed by atoms with van der Waals surface area (Å²) in [6.07, 6.45) is 2.18. The molecule has 0 aliphatic carbocycles. The molecule has 0 aromatic rings. The molecule has 1 aliphatic heterocycles. The molecule has 3 nitrogen and oxygen atoms in total. The van der Waals surface area contributed by atoms with Crippen molar-refractivity contribution in [3.05, 3.63) is 24.0 Å². The summed E-state index contributed by atoms with van der Waals surface area (Å²) in [5.41, 5.74) is 0.613. The molecular formula is C9H12O3. The maximum atomic E-state index is 11.1. The molecule has 3 heteroatoms. The molecule has 0 saturated heterocycles. The molecule has 66 valence electrons. The topological polar surface area (TPSA) is 35.5 Å². The van der Waals surface area contributed by atoms with Gasteiger partial charge in [0.05, 0.1) is 12.7 Å². The highest BCUT2D eigenvalue weighted by Gasteiger charge is 2.26. The van der Waals surface area contributed by atoms with Crippen LogP contribution < -0.4 is 0 Å². The van der Waals surface area contributed by atoms with Gasteiger partial charge in [0.1, 0.15) is 11.9 Å². The fourth-order valence-electron chi connectivity index (χ4n) is 1.17. The molecule has 0 saturated carbocycles. The third kappa shape index (κ3) is 1.49. The normalized spacial score (nSPS) is 22.0. The van der Waals surface area contributed by atoms with E-state index in [0.29, 0.717) is 17.8 Å². The molecular weight excluding hydrogens is 156 g/mol. The Morgan fingerprint density at radius 2 is 2.50 bits per heavy atom. The fraction of sp³-hybridized carbons (Fsp3) is 0.444. The standard InChI is InChI=1S/C9H12O3/c1-4-7-5-8(6(2)12-7)9(10)11-3/h4,7H,1,5H2,2-3H3. The highest BCUT2D eigenvalue weighted by atomic mass is 16.5. The second kappa shape index (κ2) is 3.43. The quantitative estimate of drug-likeness (QED) is 0.462. The summed E-state index contributed by atoms with van der Waals surface area (Å²) in [4.78, 5) is 11.1. The lowest BCUT2D eigenvalue weighted by Gasteiger charge is -2.03. The fourth-order valence-corrected chi connectivity index (χ4v) is 1.17. The predicted molar refractivity (Wildman–Crippen MR) is 44.4 cm³/mol. The van der Waals surface area contributed by atoms with Gasteiger partial charge in [-0.1, -0.05) is 12.7 Å². The van der Waals surface area contributed by atoms with Gasteiger partial charge in [-0.05, 0) is 6.92 Å². The van der Waals surface area contributed by atoms with Gasteiger partial charge in [-0.3, -0.25) is 0 Å². The summed E-state index contributed by atoms with van der Waals surface area (Å²) in [5.74, 6) is 0.337. The van der Waals surface area contributed by atoms with Gasteiger partial charge in [-0.15, -0.1) is 0 Å². The summed E-state index contributed by atoms with van der Waals surface area (Å²) in [7, 11) is 1.36. The van der Waals surface area contributed by atoms with Crippen LogP contribution in [0, 0.1) is 0 Å². The molecule has 1 unspecified atom stereocenters. The van der Waals surface area contributed by atoms with Crippen LogP contribution in [0.2, 0.25) is 0 Å². The van der Waals surface area contributed by atoms with Gasteiger partial charge in [-0.25, -0.2) is 4.79 Å². The molecule has 1 rings (SSSR count). The predicted octanol–water partition coefficient (Wildman–Crippen LogP) is 1.41. The van der Waals surface area contributed by atoms with Crippen LogP contribution in [-0.2, 0) is 14.3 Å². The Morgan fingerprint density at radius 3 is 2.92 bits per heavy atom. The zero-order chi connectivity index (χ0) is 9.14. The minimum atomic E-state index is -0.308. The van der Waals surface area contributed by atoms with Gasteiger partial charge in [0.25, 0.3) is 0 Å². The van der Waals surface area contributed by atoms with Crippen LogP contribution in [0.3, 0.4) is 0 Å². The lowest BCUT2D eigenvalue weighted by atomic mass is 10.1. The van der Waals surface area contributed by atoms with Crippen LogP contribution in [0.4, 0.5) is 0 Å². The molecule has 0 bridgehead atoms. The van der Waals surface area contributed by atoms with Gasteiger partial charge >= 0.3 is 5.97 Å². The molecule has 1 aliphatic rings. The van der Waals surface area contributed by atoms with E-state index in [1.54, 1.807) is 13.0 Å². The lowest BCUT2D eigenvalue weighted by Crippen LogP contribution is -2.06. The average molecular weight is 168 g/mol. The van der Waals surface area contributed by atoms with E-state index < -0.39 is 0 Å². The molecule has 0 N–H and O–H groups in total. The Labute approximate surface area is 71.7 Å². The van der Waals surface area contributed by atoms with E-state index in [1.807, 2.05) is 0 Å². The van der Waals surface area contributed by atoms with E-state index in [4.69, 9.17) is 4.74 Å². The summed E-state index contributed by atoms with van der Waals surface area (Å²) in [6, 6.07) is 0. The zero-order valence-corrected chi connectivity index (χ0v) is 7.29. The molecule has 0 aromatic heterocycles.